The molecule has 108 valence electrons. The number of nitro benzene ring substituents is 1. The van der Waals surface area contributed by atoms with Crippen LogP contribution in [-0.2, 0) is 6.54 Å². The molecule has 0 aromatic heterocycles. The van der Waals surface area contributed by atoms with Crippen molar-refractivity contribution in [2.45, 2.75) is 6.54 Å². The summed E-state index contributed by atoms with van der Waals surface area (Å²) in [7, 11) is 0. The van der Waals surface area contributed by atoms with E-state index in [1.807, 2.05) is 0 Å². The summed E-state index contributed by atoms with van der Waals surface area (Å²) in [5.74, 6) is -1.12. The van der Waals surface area contributed by atoms with Gasteiger partial charge in [-0.05, 0) is 17.7 Å². The second-order valence-electron chi connectivity index (χ2n) is 4.24. The van der Waals surface area contributed by atoms with Crippen LogP contribution in [0.25, 0.3) is 0 Å². The Morgan fingerprint density at radius 2 is 1.90 bits per heavy atom. The molecule has 0 heterocycles. The first-order chi connectivity index (χ1) is 9.99. The minimum atomic E-state index is -1.12. The zero-order valence-electron chi connectivity index (χ0n) is 10.7. The van der Waals surface area contributed by atoms with E-state index in [4.69, 9.17) is 16.7 Å². The monoisotopic (exact) mass is 306 g/mol. The fraction of sp³-hybridized carbons (Fsp3) is 0.0714. The van der Waals surface area contributed by atoms with E-state index in [9.17, 15) is 14.9 Å². The second kappa shape index (κ2) is 6.23. The SMILES string of the molecule is O=C(O)c1c(Cl)cccc1NCc1ccc([N+](=O)[O-])cc1. The standard InChI is InChI=1S/C14H11ClN2O4/c15-11-2-1-3-12(13(11)14(18)19)16-8-9-4-6-10(7-5-9)17(20)21/h1-7,16H,8H2,(H,18,19). The molecule has 0 bridgehead atoms. The fourth-order valence-electron chi connectivity index (χ4n) is 1.82. The van der Waals surface area contributed by atoms with Crippen molar-refractivity contribution in [2.24, 2.45) is 0 Å². The first-order valence-electron chi connectivity index (χ1n) is 5.98. The number of carboxylic acid groups (broad SMARTS) is 1. The molecule has 2 aromatic rings. The summed E-state index contributed by atoms with van der Waals surface area (Å²) in [5, 5.41) is 22.8. The maximum Gasteiger partial charge on any atom is 0.339 e. The third-order valence-electron chi connectivity index (χ3n) is 2.86. The number of hydrogen-bond donors (Lipinski definition) is 2. The van der Waals surface area contributed by atoms with Crippen LogP contribution in [0, 0.1) is 10.1 Å². The molecule has 0 saturated heterocycles. The number of halogens is 1. The van der Waals surface area contributed by atoms with Crippen LogP contribution >= 0.6 is 11.6 Å². The predicted molar refractivity (Wildman–Crippen MR) is 78.8 cm³/mol. The molecule has 0 radical (unpaired) electrons. The maximum absolute atomic E-state index is 11.2. The Morgan fingerprint density at radius 3 is 2.48 bits per heavy atom. The van der Waals surface area contributed by atoms with Crippen molar-refractivity contribution in [1.29, 1.82) is 0 Å². The normalized spacial score (nSPS) is 10.1. The number of rotatable bonds is 5. The van der Waals surface area contributed by atoms with Gasteiger partial charge in [-0.1, -0.05) is 29.8 Å². The Labute approximate surface area is 125 Å². The van der Waals surface area contributed by atoms with Crippen molar-refractivity contribution in [3.05, 3.63) is 68.7 Å². The van der Waals surface area contributed by atoms with Crippen molar-refractivity contribution in [3.8, 4) is 0 Å². The summed E-state index contributed by atoms with van der Waals surface area (Å²) in [6.07, 6.45) is 0. The minimum Gasteiger partial charge on any atom is -0.478 e. The van der Waals surface area contributed by atoms with Crippen LogP contribution in [0.3, 0.4) is 0 Å². The molecule has 0 aliphatic rings. The quantitative estimate of drug-likeness (QED) is 0.651. The average molecular weight is 307 g/mol. The molecule has 0 aliphatic carbocycles. The van der Waals surface area contributed by atoms with Gasteiger partial charge in [-0.2, -0.15) is 0 Å². The summed E-state index contributed by atoms with van der Waals surface area (Å²) in [6.45, 7) is 0.332. The zero-order valence-corrected chi connectivity index (χ0v) is 11.5. The molecule has 2 rings (SSSR count). The number of benzene rings is 2. The Hall–Kier alpha value is -2.60. The summed E-state index contributed by atoms with van der Waals surface area (Å²) in [4.78, 5) is 21.3. The predicted octanol–water partition coefficient (Wildman–Crippen LogP) is 3.56. The number of aromatic carboxylic acids is 1. The molecular weight excluding hydrogens is 296 g/mol. The largest absolute Gasteiger partial charge is 0.478 e. The highest BCUT2D eigenvalue weighted by atomic mass is 35.5. The van der Waals surface area contributed by atoms with Gasteiger partial charge in [-0.3, -0.25) is 10.1 Å². The summed E-state index contributed by atoms with van der Waals surface area (Å²) >= 11 is 5.87. The Kier molecular flexibility index (Phi) is 4.39. The molecule has 0 spiro atoms. The molecule has 2 aromatic carbocycles. The van der Waals surface area contributed by atoms with E-state index >= 15 is 0 Å². The Bertz CT molecular complexity index is 686. The van der Waals surface area contributed by atoms with Crippen LogP contribution in [0.5, 0.6) is 0 Å². The van der Waals surface area contributed by atoms with Crippen LogP contribution in [0.15, 0.2) is 42.5 Å². The number of nitrogens with zero attached hydrogens (tertiary/aromatic N) is 1. The lowest BCUT2D eigenvalue weighted by Crippen LogP contribution is -2.07. The fourth-order valence-corrected chi connectivity index (χ4v) is 2.08. The Balaban J connectivity index is 2.15. The molecular formula is C14H11ClN2O4. The molecule has 0 unspecified atom stereocenters. The highest BCUT2D eigenvalue weighted by molar-refractivity contribution is 6.34. The lowest BCUT2D eigenvalue weighted by Gasteiger charge is -2.10. The lowest BCUT2D eigenvalue weighted by atomic mass is 10.1. The van der Waals surface area contributed by atoms with Crippen LogP contribution in [-0.4, -0.2) is 16.0 Å². The summed E-state index contributed by atoms with van der Waals surface area (Å²) in [5.41, 5.74) is 1.19. The van der Waals surface area contributed by atoms with E-state index in [1.54, 1.807) is 24.3 Å². The number of nitrogens with one attached hydrogen (secondary N) is 1. The molecule has 0 saturated carbocycles. The summed E-state index contributed by atoms with van der Waals surface area (Å²) in [6, 6.07) is 10.8. The van der Waals surface area contributed by atoms with E-state index in [2.05, 4.69) is 5.32 Å². The molecule has 0 aliphatic heterocycles. The van der Waals surface area contributed by atoms with E-state index in [0.29, 0.717) is 12.2 Å². The van der Waals surface area contributed by atoms with Gasteiger partial charge >= 0.3 is 5.97 Å². The highest BCUT2D eigenvalue weighted by Crippen LogP contribution is 2.25. The van der Waals surface area contributed by atoms with Crippen molar-refractivity contribution in [3.63, 3.8) is 0 Å². The van der Waals surface area contributed by atoms with Crippen LogP contribution < -0.4 is 5.32 Å². The van der Waals surface area contributed by atoms with Gasteiger partial charge in [0.2, 0.25) is 0 Å². The first-order valence-corrected chi connectivity index (χ1v) is 6.36. The number of carbonyl (C=O) groups is 1. The number of non-ortho nitro benzene ring substituents is 1. The number of carboxylic acids is 1. The minimum absolute atomic E-state index is 0.000998. The summed E-state index contributed by atoms with van der Waals surface area (Å²) < 4.78 is 0. The van der Waals surface area contributed by atoms with Gasteiger partial charge in [0.1, 0.15) is 5.56 Å². The van der Waals surface area contributed by atoms with E-state index < -0.39 is 10.9 Å². The number of nitro groups is 1. The van der Waals surface area contributed by atoms with Gasteiger partial charge in [0.25, 0.3) is 5.69 Å². The van der Waals surface area contributed by atoms with Gasteiger partial charge in [-0.25, -0.2) is 4.79 Å². The zero-order chi connectivity index (χ0) is 15.4. The van der Waals surface area contributed by atoms with Crippen molar-refractivity contribution >= 4 is 28.9 Å². The van der Waals surface area contributed by atoms with Gasteiger partial charge in [0, 0.05) is 18.7 Å². The third-order valence-corrected chi connectivity index (χ3v) is 3.17. The van der Waals surface area contributed by atoms with Crippen LogP contribution in [0.2, 0.25) is 5.02 Å². The van der Waals surface area contributed by atoms with Crippen LogP contribution in [0.4, 0.5) is 11.4 Å². The molecule has 2 N–H and O–H groups in total. The first kappa shape index (κ1) is 14.8. The smallest absolute Gasteiger partial charge is 0.339 e. The van der Waals surface area contributed by atoms with Gasteiger partial charge in [0.15, 0.2) is 0 Å². The van der Waals surface area contributed by atoms with Crippen molar-refractivity contribution < 1.29 is 14.8 Å². The molecule has 6 nitrogen and oxygen atoms in total. The maximum atomic E-state index is 11.2. The van der Waals surface area contributed by atoms with Gasteiger partial charge in [-0.15, -0.1) is 0 Å². The van der Waals surface area contributed by atoms with Gasteiger partial charge < -0.3 is 10.4 Å². The molecule has 7 heteroatoms. The van der Waals surface area contributed by atoms with Crippen molar-refractivity contribution in [1.82, 2.24) is 0 Å². The lowest BCUT2D eigenvalue weighted by molar-refractivity contribution is -0.384. The topological polar surface area (TPSA) is 92.5 Å². The number of hydrogen-bond acceptors (Lipinski definition) is 4. The molecule has 0 amide bonds. The number of anilines is 1. The average Bonchev–Trinajstić information content (AvgIpc) is 2.45. The Morgan fingerprint density at radius 1 is 1.24 bits per heavy atom. The van der Waals surface area contributed by atoms with E-state index in [-0.39, 0.29) is 16.3 Å². The molecule has 21 heavy (non-hydrogen) atoms. The third kappa shape index (κ3) is 3.49. The van der Waals surface area contributed by atoms with E-state index in [1.165, 1.54) is 18.2 Å². The molecule has 0 fully saturated rings. The van der Waals surface area contributed by atoms with Gasteiger partial charge in [0.05, 0.1) is 15.6 Å². The second-order valence-corrected chi connectivity index (χ2v) is 4.65. The van der Waals surface area contributed by atoms with Crippen molar-refractivity contribution in [2.75, 3.05) is 5.32 Å². The molecule has 0 atom stereocenters. The van der Waals surface area contributed by atoms with E-state index in [0.717, 1.165) is 5.56 Å². The highest BCUT2D eigenvalue weighted by Gasteiger charge is 2.14. The van der Waals surface area contributed by atoms with Crippen LogP contribution in [0.1, 0.15) is 15.9 Å².